The highest BCUT2D eigenvalue weighted by Crippen LogP contribution is 2.41. The van der Waals surface area contributed by atoms with Gasteiger partial charge in [-0.2, -0.15) is 0 Å². The molecule has 0 radical (unpaired) electrons. The van der Waals surface area contributed by atoms with Crippen LogP contribution in [0.3, 0.4) is 0 Å². The number of carbonyl (C=O) groups is 1. The van der Waals surface area contributed by atoms with E-state index in [-0.39, 0.29) is 0 Å². The summed E-state index contributed by atoms with van der Waals surface area (Å²) in [4.78, 5) is 11.7. The lowest BCUT2D eigenvalue weighted by Crippen LogP contribution is -2.31. The van der Waals surface area contributed by atoms with Crippen LogP contribution in [0.1, 0.15) is 44.2 Å². The maximum atomic E-state index is 11.7. The van der Waals surface area contributed by atoms with Crippen LogP contribution in [0.25, 0.3) is 0 Å². The van der Waals surface area contributed by atoms with Gasteiger partial charge in [0.15, 0.2) is 0 Å². The second kappa shape index (κ2) is 5.13. The third-order valence-corrected chi connectivity index (χ3v) is 4.07. The second-order valence-electron chi connectivity index (χ2n) is 5.99. The normalized spacial score (nSPS) is 16.8. The first-order chi connectivity index (χ1) is 8.53. The molecule has 1 aliphatic carbocycles. The Bertz CT molecular complexity index is 409. The van der Waals surface area contributed by atoms with Gasteiger partial charge in [-0.3, -0.25) is 4.79 Å². The van der Waals surface area contributed by atoms with Crippen molar-refractivity contribution in [3.8, 4) is 0 Å². The molecule has 0 saturated heterocycles. The van der Waals surface area contributed by atoms with Gasteiger partial charge >= 0.3 is 5.97 Å². The largest absolute Gasteiger partial charge is 0.481 e. The van der Waals surface area contributed by atoms with Gasteiger partial charge in [-0.25, -0.2) is 0 Å². The summed E-state index contributed by atoms with van der Waals surface area (Å²) < 4.78 is 0. The standard InChI is InChI=1S/C16H22O2/c1-12(2)6-5-9-16(15(17)18)10-13-7-3-4-8-14(13)11-16/h3-4,7-8,12H,5-6,9-11H2,1-2H3,(H,17,18). The minimum Gasteiger partial charge on any atom is -0.481 e. The van der Waals surface area contributed by atoms with Crippen LogP contribution in [0, 0.1) is 11.3 Å². The highest BCUT2D eigenvalue weighted by molar-refractivity contribution is 5.77. The molecule has 0 atom stereocenters. The van der Waals surface area contributed by atoms with Crippen LogP contribution in [0.15, 0.2) is 24.3 Å². The van der Waals surface area contributed by atoms with Gasteiger partial charge in [-0.1, -0.05) is 51.0 Å². The number of carboxylic acids is 1. The van der Waals surface area contributed by atoms with Gasteiger partial charge in [0.25, 0.3) is 0 Å². The number of hydrogen-bond acceptors (Lipinski definition) is 1. The molecule has 0 spiro atoms. The van der Waals surface area contributed by atoms with Crippen molar-refractivity contribution in [2.45, 2.75) is 46.0 Å². The summed E-state index contributed by atoms with van der Waals surface area (Å²) in [6, 6.07) is 8.15. The van der Waals surface area contributed by atoms with Crippen molar-refractivity contribution in [3.05, 3.63) is 35.4 Å². The Hall–Kier alpha value is -1.31. The van der Waals surface area contributed by atoms with Gasteiger partial charge < -0.3 is 5.11 Å². The van der Waals surface area contributed by atoms with Crippen LogP contribution < -0.4 is 0 Å². The van der Waals surface area contributed by atoms with E-state index in [9.17, 15) is 9.90 Å². The molecule has 0 unspecified atom stereocenters. The lowest BCUT2D eigenvalue weighted by molar-refractivity contribution is -0.149. The first kappa shape index (κ1) is 13.1. The van der Waals surface area contributed by atoms with E-state index in [1.54, 1.807) is 0 Å². The molecule has 1 aliphatic rings. The van der Waals surface area contributed by atoms with Crippen molar-refractivity contribution in [1.82, 2.24) is 0 Å². The first-order valence-electron chi connectivity index (χ1n) is 6.84. The molecule has 1 aromatic rings. The minimum atomic E-state index is -0.623. The summed E-state index contributed by atoms with van der Waals surface area (Å²) in [5.41, 5.74) is 1.91. The predicted octanol–water partition coefficient (Wildman–Crippen LogP) is 3.68. The zero-order valence-corrected chi connectivity index (χ0v) is 11.3. The van der Waals surface area contributed by atoms with E-state index in [4.69, 9.17) is 0 Å². The third-order valence-electron chi connectivity index (χ3n) is 4.07. The quantitative estimate of drug-likeness (QED) is 0.860. The second-order valence-corrected chi connectivity index (χ2v) is 5.99. The molecule has 0 aliphatic heterocycles. The Kier molecular flexibility index (Phi) is 3.74. The zero-order chi connectivity index (χ0) is 13.2. The van der Waals surface area contributed by atoms with Crippen LogP contribution in [0.4, 0.5) is 0 Å². The third kappa shape index (κ3) is 2.58. The Morgan fingerprint density at radius 3 is 2.28 bits per heavy atom. The summed E-state index contributed by atoms with van der Waals surface area (Å²) in [6.07, 6.45) is 4.34. The molecule has 98 valence electrons. The average Bonchev–Trinajstić information content (AvgIpc) is 2.68. The number of hydrogen-bond donors (Lipinski definition) is 1. The zero-order valence-electron chi connectivity index (χ0n) is 11.3. The Labute approximate surface area is 109 Å². The summed E-state index contributed by atoms with van der Waals surface area (Å²) in [6.45, 7) is 4.38. The first-order valence-corrected chi connectivity index (χ1v) is 6.84. The molecule has 1 aromatic carbocycles. The molecular weight excluding hydrogens is 224 g/mol. The van der Waals surface area contributed by atoms with E-state index in [0.717, 1.165) is 19.3 Å². The predicted molar refractivity (Wildman–Crippen MR) is 72.6 cm³/mol. The topological polar surface area (TPSA) is 37.3 Å². The smallest absolute Gasteiger partial charge is 0.310 e. The average molecular weight is 246 g/mol. The number of aliphatic carboxylic acids is 1. The highest BCUT2D eigenvalue weighted by atomic mass is 16.4. The molecule has 2 rings (SSSR count). The molecule has 0 fully saturated rings. The molecule has 2 heteroatoms. The highest BCUT2D eigenvalue weighted by Gasteiger charge is 2.43. The number of fused-ring (bicyclic) bond motifs is 1. The Morgan fingerprint density at radius 1 is 1.28 bits per heavy atom. The van der Waals surface area contributed by atoms with Crippen LogP contribution in [0.5, 0.6) is 0 Å². The maximum absolute atomic E-state index is 11.7. The van der Waals surface area contributed by atoms with Gasteiger partial charge in [-0.15, -0.1) is 0 Å². The summed E-state index contributed by atoms with van der Waals surface area (Å²) in [5, 5.41) is 9.60. The van der Waals surface area contributed by atoms with Crippen molar-refractivity contribution >= 4 is 5.97 Å². The molecule has 0 saturated carbocycles. The van der Waals surface area contributed by atoms with Crippen molar-refractivity contribution in [3.63, 3.8) is 0 Å². The van der Waals surface area contributed by atoms with Crippen molar-refractivity contribution in [2.75, 3.05) is 0 Å². The van der Waals surface area contributed by atoms with Crippen LogP contribution in [0.2, 0.25) is 0 Å². The fraction of sp³-hybridized carbons (Fsp3) is 0.562. The monoisotopic (exact) mass is 246 g/mol. The van der Waals surface area contributed by atoms with Gasteiger partial charge in [0.1, 0.15) is 0 Å². The van der Waals surface area contributed by atoms with E-state index in [0.29, 0.717) is 18.8 Å². The molecular formula is C16H22O2. The van der Waals surface area contributed by atoms with Gasteiger partial charge in [0, 0.05) is 0 Å². The van der Waals surface area contributed by atoms with E-state index in [1.165, 1.54) is 11.1 Å². The fourth-order valence-corrected chi connectivity index (χ4v) is 2.98. The van der Waals surface area contributed by atoms with Crippen molar-refractivity contribution in [1.29, 1.82) is 0 Å². The SMILES string of the molecule is CC(C)CCCC1(C(=O)O)Cc2ccccc2C1. The van der Waals surface area contributed by atoms with Gasteiger partial charge in [0.05, 0.1) is 5.41 Å². The fourth-order valence-electron chi connectivity index (χ4n) is 2.98. The molecule has 0 bridgehead atoms. The van der Waals surface area contributed by atoms with E-state index < -0.39 is 11.4 Å². The summed E-state index contributed by atoms with van der Waals surface area (Å²) in [7, 11) is 0. The molecule has 2 nitrogen and oxygen atoms in total. The molecule has 0 heterocycles. The number of rotatable bonds is 5. The lowest BCUT2D eigenvalue weighted by Gasteiger charge is -2.24. The Morgan fingerprint density at radius 2 is 1.83 bits per heavy atom. The van der Waals surface area contributed by atoms with Gasteiger partial charge in [0.2, 0.25) is 0 Å². The van der Waals surface area contributed by atoms with Crippen LogP contribution >= 0.6 is 0 Å². The summed E-state index contributed by atoms with van der Waals surface area (Å²) >= 11 is 0. The lowest BCUT2D eigenvalue weighted by atomic mass is 9.79. The van der Waals surface area contributed by atoms with Crippen LogP contribution in [-0.4, -0.2) is 11.1 Å². The maximum Gasteiger partial charge on any atom is 0.310 e. The molecule has 18 heavy (non-hydrogen) atoms. The van der Waals surface area contributed by atoms with Crippen molar-refractivity contribution in [2.24, 2.45) is 11.3 Å². The number of benzene rings is 1. The molecule has 1 N–H and O–H groups in total. The summed E-state index contributed by atoms with van der Waals surface area (Å²) in [5.74, 6) is 0.0297. The molecule has 0 amide bonds. The molecule has 0 aromatic heterocycles. The van der Waals surface area contributed by atoms with E-state index in [2.05, 4.69) is 26.0 Å². The number of carboxylic acid groups (broad SMARTS) is 1. The van der Waals surface area contributed by atoms with Gasteiger partial charge in [-0.05, 0) is 36.3 Å². The van der Waals surface area contributed by atoms with E-state index >= 15 is 0 Å². The Balaban J connectivity index is 2.10. The minimum absolute atomic E-state index is 0.543. The van der Waals surface area contributed by atoms with Crippen LogP contribution in [-0.2, 0) is 17.6 Å². The van der Waals surface area contributed by atoms with Crippen molar-refractivity contribution < 1.29 is 9.90 Å². The van der Waals surface area contributed by atoms with E-state index in [1.807, 2.05) is 12.1 Å².